The zero-order valence-corrected chi connectivity index (χ0v) is 28.5. The van der Waals surface area contributed by atoms with Gasteiger partial charge in [-0.25, -0.2) is 0 Å². The molecule has 220 valence electrons. The first kappa shape index (κ1) is 31.5. The fraction of sp³-hybridized carbons (Fsp3) is 0.500. The fourth-order valence-corrected chi connectivity index (χ4v) is 7.32. The molecule has 0 N–H and O–H groups in total. The van der Waals surface area contributed by atoms with E-state index in [0.717, 1.165) is 89.8 Å². The van der Waals surface area contributed by atoms with Crippen molar-refractivity contribution in [3.8, 4) is 0 Å². The minimum Gasteiger partial charge on any atom is -0.678 e. The molecule has 5 heterocycles. The molecule has 2 atom stereocenters. The maximum absolute atomic E-state index is 5.37. The van der Waals surface area contributed by atoms with Crippen molar-refractivity contribution in [3.63, 3.8) is 0 Å². The van der Waals surface area contributed by atoms with Crippen LogP contribution in [0, 0.1) is 5.92 Å². The van der Waals surface area contributed by atoms with Crippen LogP contribution in [-0.4, -0.2) is 6.04 Å². The first-order chi connectivity index (χ1) is 19.5. The van der Waals surface area contributed by atoms with Gasteiger partial charge in [-0.2, -0.15) is 0 Å². The van der Waals surface area contributed by atoms with Gasteiger partial charge >= 0.3 is 21.1 Å². The van der Waals surface area contributed by atoms with E-state index < -0.39 is 0 Å². The third kappa shape index (κ3) is 5.42. The number of aromatic nitrogens is 3. The van der Waals surface area contributed by atoms with E-state index in [9.17, 15) is 0 Å². The molecule has 0 fully saturated rings. The molecule has 0 radical (unpaired) electrons. The number of rotatable bonds is 8. The molecule has 2 aliphatic heterocycles. The van der Waals surface area contributed by atoms with E-state index in [-0.39, 0.29) is 27.1 Å². The average Bonchev–Trinajstić information content (AvgIpc) is 3.67. The maximum Gasteiger partial charge on any atom is 4.00 e. The van der Waals surface area contributed by atoms with Gasteiger partial charge in [0, 0.05) is 0 Å². The molecule has 41 heavy (non-hydrogen) atoms. The van der Waals surface area contributed by atoms with Crippen LogP contribution >= 0.6 is 0 Å². The van der Waals surface area contributed by atoms with Crippen molar-refractivity contribution in [2.45, 2.75) is 113 Å². The molecule has 0 aliphatic carbocycles. The first-order valence-corrected chi connectivity index (χ1v) is 15.8. The van der Waals surface area contributed by atoms with Crippen LogP contribution in [-0.2, 0) is 59.6 Å². The number of allylic oxidation sites excluding steroid dienone is 1. The monoisotopic (exact) mass is 729 g/mol. The number of hydrogen-bond donors (Lipinski definition) is 0. The van der Waals surface area contributed by atoms with Crippen molar-refractivity contribution in [2.75, 3.05) is 0 Å². The van der Waals surface area contributed by atoms with Crippen molar-refractivity contribution in [1.29, 1.82) is 0 Å². The molecule has 0 saturated heterocycles. The summed E-state index contributed by atoms with van der Waals surface area (Å²) in [6, 6.07) is 0.107. The summed E-state index contributed by atoms with van der Waals surface area (Å²) in [5.74, 6) is 0.403. The zero-order chi connectivity index (χ0) is 28.6. The smallest absolute Gasteiger partial charge is 0.678 e. The standard InChI is InChI=1S/C36H46N4.Pt/c1-9-21-22(10-2)30-18-32-25(13-5)26(14-6)34(39-32)20-36-28(16-8)27(15-7)35(40-36)19-33-24(12-4)23(11-3)31(38-33)17-29(21)37-30;/h17-21,29H,9-16H2,1-8H3;/q-4;+4/b31-17-,32-18-,33-19-,34-20-;. The molecule has 0 spiro atoms. The van der Waals surface area contributed by atoms with Crippen molar-refractivity contribution in [1.82, 2.24) is 15.0 Å². The Hall–Kier alpha value is -2.45. The van der Waals surface area contributed by atoms with Gasteiger partial charge in [-0.1, -0.05) is 125 Å². The van der Waals surface area contributed by atoms with Crippen LogP contribution in [0.1, 0.15) is 113 Å². The van der Waals surface area contributed by atoms with Gasteiger partial charge in [-0.05, 0) is 50.9 Å². The molecule has 0 saturated carbocycles. The van der Waals surface area contributed by atoms with Gasteiger partial charge in [-0.3, -0.25) is 0 Å². The van der Waals surface area contributed by atoms with Gasteiger partial charge in [0.15, 0.2) is 0 Å². The van der Waals surface area contributed by atoms with E-state index in [4.69, 9.17) is 20.3 Å². The predicted molar refractivity (Wildman–Crippen MR) is 168 cm³/mol. The third-order valence-electron chi connectivity index (χ3n) is 9.24. The summed E-state index contributed by atoms with van der Waals surface area (Å²) in [6.07, 6.45) is 17.0. The van der Waals surface area contributed by atoms with Crippen LogP contribution in [0.3, 0.4) is 0 Å². The maximum atomic E-state index is 5.37. The van der Waals surface area contributed by atoms with E-state index in [1.807, 2.05) is 0 Å². The largest absolute Gasteiger partial charge is 4.00 e. The zero-order valence-electron chi connectivity index (χ0n) is 26.2. The minimum atomic E-state index is 0. The third-order valence-corrected chi connectivity index (χ3v) is 9.24. The normalized spacial score (nSPS) is 21.1. The van der Waals surface area contributed by atoms with Crippen molar-refractivity contribution >= 4 is 24.3 Å². The van der Waals surface area contributed by atoms with Crippen LogP contribution in [0.15, 0.2) is 11.3 Å². The van der Waals surface area contributed by atoms with Gasteiger partial charge in [0.2, 0.25) is 0 Å². The summed E-state index contributed by atoms with van der Waals surface area (Å²) in [7, 11) is 0. The second-order valence-corrected chi connectivity index (χ2v) is 11.1. The van der Waals surface area contributed by atoms with Crippen molar-refractivity contribution in [2.24, 2.45) is 5.92 Å². The van der Waals surface area contributed by atoms with E-state index in [0.29, 0.717) is 5.92 Å². The van der Waals surface area contributed by atoms with Crippen LogP contribution in [0.4, 0.5) is 0 Å². The Labute approximate surface area is 260 Å². The topological polar surface area (TPSA) is 56.4 Å². The SMILES string of the molecule is CCC1=C2/C=c3\[n-]/c(c(CC)c3CC)=C\c3[n-]c(c(CC)c3CC)/C=c3\[n-]/c(c(CC)c3CC)=C\C([N-]2)C1CC.[Pt+4]. The van der Waals surface area contributed by atoms with Gasteiger partial charge in [-0.15, -0.1) is 44.6 Å². The second kappa shape index (κ2) is 13.2. The van der Waals surface area contributed by atoms with Crippen LogP contribution in [0.5, 0.6) is 0 Å². The first-order valence-electron chi connectivity index (χ1n) is 15.8. The Morgan fingerprint density at radius 2 is 0.951 bits per heavy atom. The van der Waals surface area contributed by atoms with Gasteiger partial charge in [0.25, 0.3) is 0 Å². The summed E-state index contributed by atoms with van der Waals surface area (Å²) in [6.45, 7) is 18.1. The molecule has 4 nitrogen and oxygen atoms in total. The van der Waals surface area contributed by atoms with Crippen LogP contribution in [0.25, 0.3) is 29.6 Å². The molecule has 3 aromatic heterocycles. The summed E-state index contributed by atoms with van der Waals surface area (Å²) in [4.78, 5) is 15.8. The van der Waals surface area contributed by atoms with E-state index in [1.54, 1.807) is 0 Å². The van der Waals surface area contributed by atoms with Gasteiger partial charge < -0.3 is 20.3 Å². The van der Waals surface area contributed by atoms with Gasteiger partial charge in [0.05, 0.1) is 0 Å². The van der Waals surface area contributed by atoms with Crippen molar-refractivity contribution < 1.29 is 21.1 Å². The predicted octanol–water partition coefficient (Wildman–Crippen LogP) is 4.61. The Kier molecular flexibility index (Phi) is 10.2. The number of nitrogens with zero attached hydrogens (tertiary/aromatic N) is 4. The quantitative estimate of drug-likeness (QED) is 0.341. The molecule has 5 heteroatoms. The second-order valence-electron chi connectivity index (χ2n) is 11.1. The van der Waals surface area contributed by atoms with E-state index >= 15 is 0 Å². The van der Waals surface area contributed by atoms with Gasteiger partial charge in [0.1, 0.15) is 0 Å². The van der Waals surface area contributed by atoms with Crippen molar-refractivity contribution in [3.05, 3.63) is 82.8 Å². The Morgan fingerprint density at radius 1 is 0.512 bits per heavy atom. The molecular formula is C36H46N4Pt. The average molecular weight is 730 g/mol. The molecule has 0 amide bonds. The van der Waals surface area contributed by atoms with E-state index in [1.165, 1.54) is 39.0 Å². The molecule has 2 aliphatic rings. The molecule has 8 bridgehead atoms. The molecular weight excluding hydrogens is 684 g/mol. The molecule has 5 rings (SSSR count). The molecule has 2 unspecified atom stereocenters. The molecule has 0 aromatic carbocycles. The summed E-state index contributed by atoms with van der Waals surface area (Å²) in [5, 5.41) is 9.73. The summed E-state index contributed by atoms with van der Waals surface area (Å²) < 4.78 is 0. The fourth-order valence-electron chi connectivity index (χ4n) is 7.32. The Balaban J connectivity index is 0.00000387. The van der Waals surface area contributed by atoms with Crippen LogP contribution < -0.4 is 36.3 Å². The summed E-state index contributed by atoms with van der Waals surface area (Å²) >= 11 is 0. The number of fused-ring (bicyclic) bond motifs is 8. The Morgan fingerprint density at radius 3 is 1.39 bits per heavy atom. The molecule has 3 aromatic rings. The Bertz CT molecular complexity index is 1670. The summed E-state index contributed by atoms with van der Waals surface area (Å²) in [5.41, 5.74) is 12.8. The van der Waals surface area contributed by atoms with Crippen LogP contribution in [0.2, 0.25) is 0 Å². The number of hydrogen-bond acceptors (Lipinski definition) is 0. The minimum absolute atomic E-state index is 0. The van der Waals surface area contributed by atoms with E-state index in [2.05, 4.69) is 79.7 Å².